The van der Waals surface area contributed by atoms with Gasteiger partial charge in [0, 0.05) is 10.5 Å². The van der Waals surface area contributed by atoms with Gasteiger partial charge in [-0.15, -0.1) is 11.8 Å². The molecule has 104 valence electrons. The lowest BCUT2D eigenvalue weighted by Gasteiger charge is -2.01. The molecule has 0 aromatic heterocycles. The Morgan fingerprint density at radius 1 is 1.10 bits per heavy atom. The zero-order chi connectivity index (χ0) is 15.2. The summed E-state index contributed by atoms with van der Waals surface area (Å²) in [6.45, 7) is 1.96. The van der Waals surface area contributed by atoms with Crippen LogP contribution in [0.5, 0.6) is 0 Å². The fourth-order valence-electron chi connectivity index (χ4n) is 1.88. The van der Waals surface area contributed by atoms with Crippen molar-refractivity contribution in [2.75, 3.05) is 6.26 Å². The molecule has 0 atom stereocenters. The number of carbonyl (C=O) groups is 1. The number of aryl methyl sites for hydroxylation is 1. The number of hydrogen-bond acceptors (Lipinski definition) is 3. The molecule has 2 rings (SSSR count). The zero-order valence-electron chi connectivity index (χ0n) is 12.0. The lowest BCUT2D eigenvalue weighted by Crippen LogP contribution is -2.01. The summed E-state index contributed by atoms with van der Waals surface area (Å²) >= 11 is 1.65. The average Bonchev–Trinajstić information content (AvgIpc) is 2.53. The number of hydrogen-bond donors (Lipinski definition) is 0. The minimum Gasteiger partial charge on any atom is -0.288 e. The maximum absolute atomic E-state index is 12.3. The molecule has 0 spiro atoms. The predicted molar refractivity (Wildman–Crippen MR) is 87.3 cm³/mol. The molecule has 0 radical (unpaired) electrons. The zero-order valence-corrected chi connectivity index (χ0v) is 12.8. The minimum atomic E-state index is -0.244. The second-order valence-corrected chi connectivity index (χ2v) is 5.52. The third-order valence-electron chi connectivity index (χ3n) is 3.11. The number of rotatable bonds is 4. The first-order valence-corrected chi connectivity index (χ1v) is 7.73. The van der Waals surface area contributed by atoms with Crippen molar-refractivity contribution in [1.82, 2.24) is 0 Å². The first-order chi connectivity index (χ1) is 10.1. The van der Waals surface area contributed by atoms with E-state index < -0.39 is 0 Å². The predicted octanol–water partition coefficient (Wildman–Crippen LogP) is 4.51. The molecule has 0 aliphatic rings. The third kappa shape index (κ3) is 3.84. The number of allylic oxidation sites excluding steroid dienone is 1. The van der Waals surface area contributed by atoms with E-state index in [4.69, 9.17) is 0 Å². The maximum Gasteiger partial charge on any atom is 0.203 e. The molecule has 0 unspecified atom stereocenters. The summed E-state index contributed by atoms with van der Waals surface area (Å²) in [6.07, 6.45) is 3.64. The number of Topliss-reactive ketones (excluding diaryl/α,β-unsaturated/α-hetero) is 1. The molecular weight excluding hydrogens is 278 g/mol. The highest BCUT2D eigenvalue weighted by Gasteiger charge is 2.11. The van der Waals surface area contributed by atoms with Crippen LogP contribution in [-0.4, -0.2) is 12.0 Å². The summed E-state index contributed by atoms with van der Waals surface area (Å²) in [5.74, 6) is -0.244. The van der Waals surface area contributed by atoms with E-state index in [2.05, 4.69) is 0 Å². The minimum absolute atomic E-state index is 0.149. The van der Waals surface area contributed by atoms with Crippen LogP contribution < -0.4 is 0 Å². The molecule has 0 amide bonds. The van der Waals surface area contributed by atoms with Crippen molar-refractivity contribution in [2.24, 2.45) is 0 Å². The number of ketones is 1. The Morgan fingerprint density at radius 2 is 1.71 bits per heavy atom. The molecular formula is C18H15NOS. The van der Waals surface area contributed by atoms with E-state index >= 15 is 0 Å². The Kier molecular flexibility index (Phi) is 4.97. The Morgan fingerprint density at radius 3 is 2.24 bits per heavy atom. The number of carbonyl (C=O) groups excluding carboxylic acids is 1. The summed E-state index contributed by atoms with van der Waals surface area (Å²) < 4.78 is 0. The number of nitrogens with zero attached hydrogens (tertiary/aromatic N) is 1. The van der Waals surface area contributed by atoms with Crippen molar-refractivity contribution >= 4 is 23.6 Å². The molecule has 2 aromatic rings. The van der Waals surface area contributed by atoms with Crippen molar-refractivity contribution in [3.63, 3.8) is 0 Å². The first-order valence-electron chi connectivity index (χ1n) is 6.51. The van der Waals surface area contributed by atoms with Crippen LogP contribution in [0.15, 0.2) is 59.0 Å². The standard InChI is InChI=1S/C18H15NOS/c1-13-3-7-15(8-4-13)18(20)16(12-19)11-14-5-9-17(21-2)10-6-14/h3-11H,1-2H3/b16-11+. The SMILES string of the molecule is CSc1ccc(/C=C(\C#N)C(=O)c2ccc(C)cc2)cc1. The Bertz CT molecular complexity index is 706. The molecule has 21 heavy (non-hydrogen) atoms. The van der Waals surface area contributed by atoms with Gasteiger partial charge >= 0.3 is 0 Å². The smallest absolute Gasteiger partial charge is 0.203 e. The molecule has 0 heterocycles. The Labute approximate surface area is 129 Å². The second kappa shape index (κ2) is 6.92. The monoisotopic (exact) mass is 293 g/mol. The average molecular weight is 293 g/mol. The van der Waals surface area contributed by atoms with Crippen LogP contribution in [0, 0.1) is 18.3 Å². The summed E-state index contributed by atoms with van der Waals surface area (Å²) in [6, 6.07) is 17.0. The summed E-state index contributed by atoms with van der Waals surface area (Å²) in [7, 11) is 0. The molecule has 0 saturated heterocycles. The van der Waals surface area contributed by atoms with E-state index in [-0.39, 0.29) is 11.4 Å². The first kappa shape index (κ1) is 15.1. The molecule has 0 N–H and O–H groups in total. The number of thioether (sulfide) groups is 1. The molecule has 0 aliphatic heterocycles. The van der Waals surface area contributed by atoms with Crippen LogP contribution in [0.1, 0.15) is 21.5 Å². The van der Waals surface area contributed by atoms with Crippen LogP contribution in [0.4, 0.5) is 0 Å². The molecule has 0 saturated carbocycles. The van der Waals surface area contributed by atoms with Gasteiger partial charge in [0.2, 0.25) is 5.78 Å². The highest BCUT2D eigenvalue weighted by molar-refractivity contribution is 7.98. The van der Waals surface area contributed by atoms with E-state index in [9.17, 15) is 10.1 Å². The largest absolute Gasteiger partial charge is 0.288 e. The van der Waals surface area contributed by atoms with Crippen molar-refractivity contribution in [3.05, 3.63) is 70.8 Å². The molecule has 0 bridgehead atoms. The van der Waals surface area contributed by atoms with Crippen LogP contribution in [0.25, 0.3) is 6.08 Å². The van der Waals surface area contributed by atoms with Gasteiger partial charge in [-0.2, -0.15) is 5.26 Å². The fourth-order valence-corrected chi connectivity index (χ4v) is 2.28. The van der Waals surface area contributed by atoms with Gasteiger partial charge in [-0.05, 0) is 37.0 Å². The third-order valence-corrected chi connectivity index (χ3v) is 3.85. The normalized spacial score (nSPS) is 11.0. The highest BCUT2D eigenvalue weighted by atomic mass is 32.2. The quantitative estimate of drug-likeness (QED) is 0.360. The topological polar surface area (TPSA) is 40.9 Å². The molecule has 0 aliphatic carbocycles. The lowest BCUT2D eigenvalue weighted by atomic mass is 10.0. The summed E-state index contributed by atoms with van der Waals surface area (Å²) in [4.78, 5) is 13.5. The maximum atomic E-state index is 12.3. The lowest BCUT2D eigenvalue weighted by molar-refractivity contribution is 0.104. The van der Waals surface area contributed by atoms with Gasteiger partial charge in [0.15, 0.2) is 0 Å². The summed E-state index contributed by atoms with van der Waals surface area (Å²) in [5, 5.41) is 9.23. The van der Waals surface area contributed by atoms with Gasteiger partial charge in [-0.3, -0.25) is 4.79 Å². The van der Waals surface area contributed by atoms with Crippen LogP contribution in [0.3, 0.4) is 0 Å². The van der Waals surface area contributed by atoms with Crippen LogP contribution in [0.2, 0.25) is 0 Å². The van der Waals surface area contributed by atoms with E-state index in [1.54, 1.807) is 30.0 Å². The van der Waals surface area contributed by atoms with E-state index in [0.717, 1.165) is 16.0 Å². The number of nitriles is 1. The molecule has 0 fully saturated rings. The van der Waals surface area contributed by atoms with Gasteiger partial charge < -0.3 is 0 Å². The van der Waals surface area contributed by atoms with E-state index in [0.29, 0.717) is 5.56 Å². The van der Waals surface area contributed by atoms with Crippen LogP contribution in [-0.2, 0) is 0 Å². The van der Waals surface area contributed by atoms with Crippen molar-refractivity contribution in [2.45, 2.75) is 11.8 Å². The fraction of sp³-hybridized carbons (Fsp3) is 0.111. The Balaban J connectivity index is 2.29. The molecule has 2 nitrogen and oxygen atoms in total. The Hall–Kier alpha value is -2.31. The van der Waals surface area contributed by atoms with Gasteiger partial charge in [0.25, 0.3) is 0 Å². The van der Waals surface area contributed by atoms with Gasteiger partial charge in [0.05, 0.1) is 0 Å². The van der Waals surface area contributed by atoms with Crippen molar-refractivity contribution in [1.29, 1.82) is 5.26 Å². The van der Waals surface area contributed by atoms with Gasteiger partial charge in [0.1, 0.15) is 11.6 Å². The summed E-state index contributed by atoms with van der Waals surface area (Å²) in [5.41, 5.74) is 2.62. The van der Waals surface area contributed by atoms with Crippen molar-refractivity contribution in [3.8, 4) is 6.07 Å². The second-order valence-electron chi connectivity index (χ2n) is 4.64. The van der Waals surface area contributed by atoms with E-state index in [1.165, 1.54) is 0 Å². The molecule has 2 aromatic carbocycles. The van der Waals surface area contributed by atoms with Gasteiger partial charge in [-0.1, -0.05) is 42.0 Å². The van der Waals surface area contributed by atoms with E-state index in [1.807, 2.05) is 55.6 Å². The molecule has 3 heteroatoms. The van der Waals surface area contributed by atoms with Crippen molar-refractivity contribution < 1.29 is 4.79 Å². The van der Waals surface area contributed by atoms with Gasteiger partial charge in [-0.25, -0.2) is 0 Å². The number of benzene rings is 2. The van der Waals surface area contributed by atoms with Crippen LogP contribution >= 0.6 is 11.8 Å². The highest BCUT2D eigenvalue weighted by Crippen LogP contribution is 2.18.